The first-order chi connectivity index (χ1) is 21.3. The van der Waals surface area contributed by atoms with Gasteiger partial charge in [-0.25, -0.2) is 9.18 Å². The van der Waals surface area contributed by atoms with Gasteiger partial charge in [-0.2, -0.15) is 0 Å². The zero-order valence-corrected chi connectivity index (χ0v) is 27.5. The standard InChI is InChI=1S/C34H44ClFN4O5/c1-7-8-10-21(20(2)3)13-16-38-32(42)24-19-40-26-12-11-22(35)17-27(26)44-31-28(25(36)18-23(29(31)40)30(24)41)37-14-9-15-39-33(43)45-34(4,5)6/h11-12,17-19,21,26-27,37H,2,7-10,13-16H2,1,3-6H3,(H,38,42)(H,39,43). The molecule has 4 rings (SSSR count). The first kappa shape index (κ1) is 34.1. The number of anilines is 1. The minimum Gasteiger partial charge on any atom is -0.479 e. The minimum absolute atomic E-state index is 0.0440. The topological polar surface area (TPSA) is 111 Å². The largest absolute Gasteiger partial charge is 0.479 e. The second-order valence-electron chi connectivity index (χ2n) is 12.7. The first-order valence-corrected chi connectivity index (χ1v) is 16.0. The van der Waals surface area contributed by atoms with Crippen molar-refractivity contribution in [1.29, 1.82) is 0 Å². The molecule has 3 unspecified atom stereocenters. The van der Waals surface area contributed by atoms with Crippen molar-refractivity contribution in [3.63, 3.8) is 0 Å². The van der Waals surface area contributed by atoms with Crippen molar-refractivity contribution in [1.82, 2.24) is 15.2 Å². The van der Waals surface area contributed by atoms with E-state index in [-0.39, 0.29) is 28.3 Å². The maximum Gasteiger partial charge on any atom is 0.407 e. The molecular formula is C34H44ClFN4O5. The number of aromatic nitrogens is 1. The van der Waals surface area contributed by atoms with E-state index in [0.29, 0.717) is 43.0 Å². The van der Waals surface area contributed by atoms with E-state index < -0.39 is 41.0 Å². The first-order valence-electron chi connectivity index (χ1n) is 15.6. The van der Waals surface area contributed by atoms with Crippen LogP contribution in [-0.4, -0.2) is 47.9 Å². The third-order valence-electron chi connectivity index (χ3n) is 7.86. The molecule has 2 amide bonds. The summed E-state index contributed by atoms with van der Waals surface area (Å²) in [6, 6.07) is 0.740. The lowest BCUT2D eigenvalue weighted by Gasteiger charge is -2.35. The predicted molar refractivity (Wildman–Crippen MR) is 177 cm³/mol. The number of carbonyl (C=O) groups excluding carboxylic acids is 2. The fraction of sp³-hybridized carbons (Fsp3) is 0.500. The predicted octanol–water partition coefficient (Wildman–Crippen LogP) is 6.96. The van der Waals surface area contributed by atoms with Gasteiger partial charge in [-0.15, -0.1) is 0 Å². The number of carbonyl (C=O) groups is 2. The fourth-order valence-electron chi connectivity index (χ4n) is 5.58. The summed E-state index contributed by atoms with van der Waals surface area (Å²) in [5.41, 5.74) is 0.272. The number of rotatable bonds is 13. The molecule has 0 fully saturated rings. The number of hydrogen-bond acceptors (Lipinski definition) is 6. The number of alkyl carbamates (subject to hydrolysis) is 1. The highest BCUT2D eigenvalue weighted by molar-refractivity contribution is 6.31. The van der Waals surface area contributed by atoms with E-state index in [4.69, 9.17) is 21.1 Å². The van der Waals surface area contributed by atoms with Crippen molar-refractivity contribution >= 4 is 40.2 Å². The van der Waals surface area contributed by atoms with Crippen molar-refractivity contribution in [3.05, 3.63) is 69.3 Å². The maximum absolute atomic E-state index is 15.7. The smallest absolute Gasteiger partial charge is 0.407 e. The lowest BCUT2D eigenvalue weighted by Crippen LogP contribution is -2.37. The quantitative estimate of drug-likeness (QED) is 0.161. The van der Waals surface area contributed by atoms with Crippen molar-refractivity contribution in [2.45, 2.75) is 84.5 Å². The van der Waals surface area contributed by atoms with Crippen LogP contribution in [0.5, 0.6) is 5.75 Å². The van der Waals surface area contributed by atoms with Crippen molar-refractivity contribution in [2.75, 3.05) is 25.0 Å². The van der Waals surface area contributed by atoms with E-state index in [9.17, 15) is 14.4 Å². The average molecular weight is 643 g/mol. The van der Waals surface area contributed by atoms with Crippen LogP contribution in [0.2, 0.25) is 0 Å². The molecule has 11 heteroatoms. The van der Waals surface area contributed by atoms with Crippen molar-refractivity contribution < 1.29 is 23.5 Å². The Balaban J connectivity index is 1.60. The van der Waals surface area contributed by atoms with Crippen molar-refractivity contribution in [3.8, 4) is 5.75 Å². The van der Waals surface area contributed by atoms with E-state index in [1.165, 1.54) is 6.20 Å². The number of allylic oxidation sites excluding steroid dienone is 3. The van der Waals surface area contributed by atoms with Gasteiger partial charge in [0.2, 0.25) is 5.43 Å². The molecule has 2 aliphatic rings. The molecule has 2 heterocycles. The molecule has 0 saturated carbocycles. The number of amides is 2. The van der Waals surface area contributed by atoms with Gasteiger partial charge in [0.15, 0.2) is 11.6 Å². The summed E-state index contributed by atoms with van der Waals surface area (Å²) < 4.78 is 29.0. The number of unbranched alkanes of at least 4 members (excludes halogenated alkanes) is 1. The number of nitrogens with one attached hydrogen (secondary N) is 3. The second-order valence-corrected chi connectivity index (χ2v) is 13.1. The van der Waals surface area contributed by atoms with Crippen molar-refractivity contribution in [2.24, 2.45) is 5.92 Å². The second kappa shape index (κ2) is 14.5. The molecule has 9 nitrogen and oxygen atoms in total. The van der Waals surface area contributed by atoms with Gasteiger partial charge >= 0.3 is 6.09 Å². The third kappa shape index (κ3) is 8.28. The highest BCUT2D eigenvalue weighted by Crippen LogP contribution is 2.44. The highest BCUT2D eigenvalue weighted by Gasteiger charge is 2.35. The highest BCUT2D eigenvalue weighted by atomic mass is 35.5. The van der Waals surface area contributed by atoms with E-state index in [1.807, 2.05) is 13.0 Å². The summed E-state index contributed by atoms with van der Waals surface area (Å²) >= 11 is 6.30. The molecule has 0 spiro atoms. The van der Waals surface area contributed by atoms with E-state index in [0.717, 1.165) is 30.9 Å². The molecule has 1 aliphatic heterocycles. The molecule has 1 aromatic heterocycles. The molecule has 1 aliphatic carbocycles. The van der Waals surface area contributed by atoms with Gasteiger partial charge in [-0.3, -0.25) is 9.59 Å². The monoisotopic (exact) mass is 642 g/mol. The Morgan fingerprint density at radius 3 is 2.62 bits per heavy atom. The molecule has 45 heavy (non-hydrogen) atoms. The Labute approximate surface area is 268 Å². The normalized spacial score (nSPS) is 17.5. The maximum atomic E-state index is 15.7. The van der Waals surface area contributed by atoms with E-state index >= 15 is 4.39 Å². The molecule has 0 saturated heterocycles. The van der Waals surface area contributed by atoms with Crippen LogP contribution in [0.15, 0.2) is 52.5 Å². The minimum atomic E-state index is -0.695. The van der Waals surface area contributed by atoms with Gasteiger partial charge in [-0.05, 0) is 71.1 Å². The molecule has 0 radical (unpaired) electrons. The third-order valence-corrected chi connectivity index (χ3v) is 8.11. The van der Waals surface area contributed by atoms with Gasteiger partial charge in [0, 0.05) is 30.9 Å². The number of ether oxygens (including phenoxy) is 2. The van der Waals surface area contributed by atoms with Crippen LogP contribution in [0, 0.1) is 11.7 Å². The van der Waals surface area contributed by atoms with Crippen LogP contribution in [0.1, 0.15) is 83.1 Å². The molecular weight excluding hydrogens is 599 g/mol. The van der Waals surface area contributed by atoms with Crippen LogP contribution in [0.4, 0.5) is 14.9 Å². The number of benzene rings is 1. The van der Waals surface area contributed by atoms with Crippen LogP contribution in [-0.2, 0) is 4.74 Å². The van der Waals surface area contributed by atoms with Crippen LogP contribution in [0.3, 0.4) is 0 Å². The van der Waals surface area contributed by atoms with Gasteiger partial charge in [0.05, 0.1) is 16.9 Å². The van der Waals surface area contributed by atoms with Crippen LogP contribution in [0.25, 0.3) is 10.9 Å². The number of hydrogen-bond donors (Lipinski definition) is 3. The zero-order chi connectivity index (χ0) is 32.9. The lowest BCUT2D eigenvalue weighted by molar-refractivity contribution is 0.0527. The Bertz CT molecular complexity index is 1580. The average Bonchev–Trinajstić information content (AvgIpc) is 2.95. The molecule has 3 N–H and O–H groups in total. The Morgan fingerprint density at radius 2 is 1.93 bits per heavy atom. The fourth-order valence-corrected chi connectivity index (χ4v) is 5.78. The van der Waals surface area contributed by atoms with Crippen LogP contribution >= 0.6 is 11.6 Å². The van der Waals surface area contributed by atoms with Gasteiger partial charge < -0.3 is 30.0 Å². The zero-order valence-electron chi connectivity index (χ0n) is 26.7. The number of pyridine rings is 1. The molecule has 3 atom stereocenters. The summed E-state index contributed by atoms with van der Waals surface area (Å²) in [7, 11) is 0. The summed E-state index contributed by atoms with van der Waals surface area (Å²) in [6.07, 6.45) is 10.0. The van der Waals surface area contributed by atoms with Crippen LogP contribution < -0.4 is 26.1 Å². The number of nitrogens with zero attached hydrogens (tertiary/aromatic N) is 1. The van der Waals surface area contributed by atoms with Gasteiger partial charge in [-0.1, -0.05) is 49.6 Å². The molecule has 244 valence electrons. The number of halogens is 2. The van der Waals surface area contributed by atoms with Gasteiger partial charge in [0.25, 0.3) is 5.91 Å². The Morgan fingerprint density at radius 1 is 1.18 bits per heavy atom. The molecule has 1 aromatic carbocycles. The summed E-state index contributed by atoms with van der Waals surface area (Å²) in [5, 5.41) is 9.14. The summed E-state index contributed by atoms with van der Waals surface area (Å²) in [4.78, 5) is 39.0. The summed E-state index contributed by atoms with van der Waals surface area (Å²) in [6.45, 7) is 14.5. The number of fused-ring (bicyclic) bond motifs is 2. The Hall–Kier alpha value is -3.79. The SMILES string of the molecule is C=C(C)C(CCCC)CCNC(=O)c1cn2c3c(c(NCCCNC(=O)OC(C)(C)C)c(F)cc3c1=O)OC1C=C(Cl)C=CC12. The van der Waals surface area contributed by atoms with Gasteiger partial charge in [0.1, 0.15) is 23.0 Å². The summed E-state index contributed by atoms with van der Waals surface area (Å²) in [5.74, 6) is -0.771. The molecule has 0 bridgehead atoms. The Kier molecular flexibility index (Phi) is 11.0. The van der Waals surface area contributed by atoms with E-state index in [2.05, 4.69) is 29.5 Å². The lowest BCUT2D eigenvalue weighted by atomic mass is 9.92. The molecule has 2 aromatic rings. The van der Waals surface area contributed by atoms with E-state index in [1.54, 1.807) is 37.5 Å².